The van der Waals surface area contributed by atoms with Crippen molar-refractivity contribution in [3.8, 4) is 28.3 Å². The van der Waals surface area contributed by atoms with Crippen LogP contribution in [0, 0.1) is 0 Å². The van der Waals surface area contributed by atoms with E-state index in [2.05, 4.69) is 25.4 Å². The molecule has 8 heteroatoms. The number of nitrogens with one attached hydrogen (secondary N) is 1. The quantitative estimate of drug-likeness (QED) is 0.509. The van der Waals surface area contributed by atoms with Gasteiger partial charge in [0.25, 0.3) is 0 Å². The number of methoxy groups -OCH3 is 1. The van der Waals surface area contributed by atoms with Gasteiger partial charge >= 0.3 is 0 Å². The van der Waals surface area contributed by atoms with Crippen LogP contribution < -0.4 is 10.1 Å². The van der Waals surface area contributed by atoms with Crippen LogP contribution in [0.5, 0.6) is 5.75 Å². The number of ether oxygens (including phenoxy) is 1. The summed E-state index contributed by atoms with van der Waals surface area (Å²) in [6, 6.07) is 13.5. The van der Waals surface area contributed by atoms with E-state index in [9.17, 15) is 0 Å². The maximum atomic E-state index is 6.21. The van der Waals surface area contributed by atoms with E-state index in [0.29, 0.717) is 17.3 Å². The summed E-state index contributed by atoms with van der Waals surface area (Å²) in [6.45, 7) is 0. The summed E-state index contributed by atoms with van der Waals surface area (Å²) in [7, 11) is 3.47. The van der Waals surface area contributed by atoms with E-state index in [1.54, 1.807) is 24.2 Å². The predicted octanol–water partition coefficient (Wildman–Crippen LogP) is 4.34. The zero-order valence-electron chi connectivity index (χ0n) is 15.3. The smallest absolute Gasteiger partial charge is 0.225 e. The molecule has 0 fully saturated rings. The molecule has 0 radical (unpaired) electrons. The molecule has 0 unspecified atom stereocenters. The van der Waals surface area contributed by atoms with Gasteiger partial charge in [0.1, 0.15) is 5.69 Å². The van der Waals surface area contributed by atoms with Crippen LogP contribution >= 0.6 is 11.6 Å². The second-order valence-electron chi connectivity index (χ2n) is 6.04. The third kappa shape index (κ3) is 3.65. The van der Waals surface area contributed by atoms with Gasteiger partial charge < -0.3 is 10.1 Å². The van der Waals surface area contributed by atoms with Crippen LogP contribution in [-0.4, -0.2) is 31.8 Å². The van der Waals surface area contributed by atoms with Gasteiger partial charge in [-0.25, -0.2) is 4.98 Å². The monoisotopic (exact) mass is 392 g/mol. The maximum Gasteiger partial charge on any atom is 0.225 e. The average molecular weight is 393 g/mol. The Morgan fingerprint density at radius 3 is 2.54 bits per heavy atom. The zero-order valence-corrected chi connectivity index (χ0v) is 16.1. The van der Waals surface area contributed by atoms with E-state index in [1.165, 1.54) is 0 Å². The lowest BCUT2D eigenvalue weighted by Gasteiger charge is -2.14. The van der Waals surface area contributed by atoms with E-state index >= 15 is 0 Å². The van der Waals surface area contributed by atoms with Crippen molar-refractivity contribution in [1.29, 1.82) is 0 Å². The van der Waals surface area contributed by atoms with Gasteiger partial charge in [0.05, 0.1) is 12.8 Å². The summed E-state index contributed by atoms with van der Waals surface area (Å²) in [5, 5.41) is 7.79. The molecule has 0 spiro atoms. The summed E-state index contributed by atoms with van der Waals surface area (Å²) in [5.74, 6) is 0.978. The molecule has 4 rings (SSSR count). The molecule has 7 nitrogen and oxygen atoms in total. The normalized spacial score (nSPS) is 10.7. The summed E-state index contributed by atoms with van der Waals surface area (Å²) in [5.41, 5.74) is 4.10. The van der Waals surface area contributed by atoms with Crippen LogP contribution in [0.4, 0.5) is 11.5 Å². The minimum absolute atomic E-state index is 0.121. The Labute approximate surface area is 167 Å². The fraction of sp³-hybridized carbons (Fsp3) is 0.100. The van der Waals surface area contributed by atoms with Gasteiger partial charge in [-0.2, -0.15) is 10.1 Å². The van der Waals surface area contributed by atoms with Crippen molar-refractivity contribution in [2.75, 3.05) is 12.4 Å². The lowest BCUT2D eigenvalue weighted by molar-refractivity contribution is 0.415. The third-order valence-electron chi connectivity index (χ3n) is 4.13. The molecule has 0 aliphatic carbocycles. The second kappa shape index (κ2) is 7.66. The number of aromatic nitrogens is 5. The number of aryl methyl sites for hydroxylation is 1. The molecule has 28 heavy (non-hydrogen) atoms. The summed E-state index contributed by atoms with van der Waals surface area (Å²) < 4.78 is 7.39. The van der Waals surface area contributed by atoms with Crippen molar-refractivity contribution >= 4 is 23.1 Å². The largest absolute Gasteiger partial charge is 0.491 e. The molecule has 0 amide bonds. The van der Waals surface area contributed by atoms with Gasteiger partial charge in [0, 0.05) is 42.5 Å². The molecule has 0 saturated carbocycles. The molecular weight excluding hydrogens is 376 g/mol. The number of benzene rings is 1. The van der Waals surface area contributed by atoms with E-state index in [1.807, 2.05) is 55.7 Å². The van der Waals surface area contributed by atoms with Crippen molar-refractivity contribution < 1.29 is 4.74 Å². The summed E-state index contributed by atoms with van der Waals surface area (Å²) >= 11 is 6.21. The number of hydrogen-bond donors (Lipinski definition) is 1. The van der Waals surface area contributed by atoms with Gasteiger partial charge in [0.15, 0.2) is 11.6 Å². The zero-order chi connectivity index (χ0) is 19.5. The van der Waals surface area contributed by atoms with E-state index in [0.717, 1.165) is 22.5 Å². The number of halogens is 1. The van der Waals surface area contributed by atoms with Crippen LogP contribution in [0.2, 0.25) is 5.28 Å². The third-order valence-corrected chi connectivity index (χ3v) is 4.30. The van der Waals surface area contributed by atoms with Crippen LogP contribution in [0.1, 0.15) is 0 Å². The van der Waals surface area contributed by atoms with Gasteiger partial charge in [0.2, 0.25) is 5.28 Å². The molecule has 0 atom stereocenters. The molecule has 1 aromatic carbocycles. The molecule has 140 valence electrons. The number of nitrogens with zero attached hydrogens (tertiary/aromatic N) is 5. The van der Waals surface area contributed by atoms with Crippen molar-refractivity contribution in [2.24, 2.45) is 7.05 Å². The standard InChI is InChI=1S/C20H17ClN6O/c1-27-11-8-16(26-27)13-4-3-5-14(12-13)17-18(28-2)19(25-20(21)24-17)23-15-6-9-22-10-7-15/h3-12H,1-2H3,(H,22,23,24,25). The highest BCUT2D eigenvalue weighted by molar-refractivity contribution is 6.28. The van der Waals surface area contributed by atoms with E-state index in [-0.39, 0.29) is 5.28 Å². The first-order chi connectivity index (χ1) is 13.6. The first-order valence-electron chi connectivity index (χ1n) is 8.53. The maximum absolute atomic E-state index is 6.21. The van der Waals surface area contributed by atoms with Crippen molar-refractivity contribution in [2.45, 2.75) is 0 Å². The van der Waals surface area contributed by atoms with E-state index in [4.69, 9.17) is 16.3 Å². The van der Waals surface area contributed by atoms with Gasteiger partial charge in [-0.15, -0.1) is 0 Å². The predicted molar refractivity (Wildman–Crippen MR) is 109 cm³/mol. The van der Waals surface area contributed by atoms with Gasteiger partial charge in [-0.3, -0.25) is 9.67 Å². The fourth-order valence-electron chi connectivity index (χ4n) is 2.86. The lowest BCUT2D eigenvalue weighted by atomic mass is 10.1. The first-order valence-corrected chi connectivity index (χ1v) is 8.91. The van der Waals surface area contributed by atoms with Crippen LogP contribution in [0.3, 0.4) is 0 Å². The minimum Gasteiger partial charge on any atom is -0.491 e. The second-order valence-corrected chi connectivity index (χ2v) is 6.38. The fourth-order valence-corrected chi connectivity index (χ4v) is 3.03. The Balaban J connectivity index is 1.79. The van der Waals surface area contributed by atoms with Gasteiger partial charge in [-0.1, -0.05) is 18.2 Å². The Hall–Kier alpha value is -3.45. The SMILES string of the molecule is COc1c(Nc2ccncc2)nc(Cl)nc1-c1cccc(-c2ccn(C)n2)c1. The summed E-state index contributed by atoms with van der Waals surface area (Å²) in [4.78, 5) is 12.7. The highest BCUT2D eigenvalue weighted by Gasteiger charge is 2.17. The number of pyridine rings is 1. The highest BCUT2D eigenvalue weighted by atomic mass is 35.5. The molecule has 0 aliphatic rings. The molecule has 3 aromatic heterocycles. The molecule has 0 saturated heterocycles. The van der Waals surface area contributed by atoms with Crippen LogP contribution in [-0.2, 0) is 7.05 Å². The molecular formula is C20H17ClN6O. The Kier molecular flexibility index (Phi) is 4.90. The minimum atomic E-state index is 0.121. The topological polar surface area (TPSA) is 77.8 Å². The number of hydrogen-bond acceptors (Lipinski definition) is 6. The Bertz CT molecular complexity index is 1110. The van der Waals surface area contributed by atoms with Crippen molar-refractivity contribution in [3.05, 3.63) is 66.3 Å². The molecule has 3 heterocycles. The van der Waals surface area contributed by atoms with Crippen LogP contribution in [0.15, 0.2) is 61.1 Å². The lowest BCUT2D eigenvalue weighted by Crippen LogP contribution is -2.02. The summed E-state index contributed by atoms with van der Waals surface area (Å²) in [6.07, 6.45) is 5.28. The number of rotatable bonds is 5. The van der Waals surface area contributed by atoms with Crippen LogP contribution in [0.25, 0.3) is 22.5 Å². The van der Waals surface area contributed by atoms with Crippen molar-refractivity contribution in [1.82, 2.24) is 24.7 Å². The van der Waals surface area contributed by atoms with Gasteiger partial charge in [-0.05, 0) is 35.9 Å². The highest BCUT2D eigenvalue weighted by Crippen LogP contribution is 2.37. The Morgan fingerprint density at radius 2 is 1.82 bits per heavy atom. The Morgan fingerprint density at radius 1 is 1.04 bits per heavy atom. The first kappa shape index (κ1) is 17.9. The average Bonchev–Trinajstić information content (AvgIpc) is 3.15. The molecule has 0 aliphatic heterocycles. The van der Waals surface area contributed by atoms with E-state index < -0.39 is 0 Å². The van der Waals surface area contributed by atoms with Crippen molar-refractivity contribution in [3.63, 3.8) is 0 Å². The number of anilines is 2. The molecule has 1 N–H and O–H groups in total. The molecule has 4 aromatic rings. The molecule has 0 bridgehead atoms.